The molecular formula is C14H21FO3. The Labute approximate surface area is 107 Å². The zero-order valence-electron chi connectivity index (χ0n) is 11.1. The maximum absolute atomic E-state index is 13.7. The van der Waals surface area contributed by atoms with Gasteiger partial charge in [0.1, 0.15) is 6.61 Å². The molecule has 2 N–H and O–H groups in total. The van der Waals surface area contributed by atoms with Crippen LogP contribution in [0.3, 0.4) is 0 Å². The lowest BCUT2D eigenvalue weighted by atomic mass is 9.99. The molecule has 1 aromatic carbocycles. The molecule has 0 saturated carbocycles. The van der Waals surface area contributed by atoms with E-state index in [0.717, 1.165) is 0 Å². The van der Waals surface area contributed by atoms with Crippen LogP contribution in [-0.4, -0.2) is 22.4 Å². The Balaban J connectivity index is 2.74. The summed E-state index contributed by atoms with van der Waals surface area (Å²) in [5, 5.41) is 19.4. The van der Waals surface area contributed by atoms with Gasteiger partial charge in [0.2, 0.25) is 0 Å². The molecule has 102 valence electrons. The monoisotopic (exact) mass is 256 g/mol. The van der Waals surface area contributed by atoms with Crippen molar-refractivity contribution >= 4 is 0 Å². The summed E-state index contributed by atoms with van der Waals surface area (Å²) in [5.41, 5.74) is -0.420. The normalized spacial score (nSPS) is 13.4. The molecule has 0 amide bonds. The molecular weight excluding hydrogens is 235 g/mol. The summed E-state index contributed by atoms with van der Waals surface area (Å²) in [7, 11) is 0. The number of halogens is 1. The Hall–Kier alpha value is -1.13. The van der Waals surface area contributed by atoms with Crippen molar-refractivity contribution < 1.29 is 19.3 Å². The molecule has 0 fully saturated rings. The van der Waals surface area contributed by atoms with Crippen molar-refractivity contribution in [3.05, 3.63) is 29.6 Å². The van der Waals surface area contributed by atoms with Crippen molar-refractivity contribution in [2.75, 3.05) is 6.61 Å². The average molecular weight is 256 g/mol. The van der Waals surface area contributed by atoms with Gasteiger partial charge in [-0.1, -0.05) is 19.9 Å². The van der Waals surface area contributed by atoms with E-state index in [1.807, 2.05) is 13.8 Å². The largest absolute Gasteiger partial charge is 0.488 e. The van der Waals surface area contributed by atoms with Gasteiger partial charge in [-0.15, -0.1) is 0 Å². The van der Waals surface area contributed by atoms with Crippen LogP contribution in [0.2, 0.25) is 0 Å². The Bertz CT molecular complexity index is 387. The van der Waals surface area contributed by atoms with Crippen LogP contribution >= 0.6 is 0 Å². The van der Waals surface area contributed by atoms with Crippen LogP contribution < -0.4 is 4.74 Å². The van der Waals surface area contributed by atoms with Crippen molar-refractivity contribution in [1.29, 1.82) is 0 Å². The number of ether oxygens (including phenoxy) is 1. The van der Waals surface area contributed by atoms with Gasteiger partial charge in [-0.3, -0.25) is 0 Å². The van der Waals surface area contributed by atoms with Crippen LogP contribution in [0.5, 0.6) is 5.75 Å². The molecule has 0 unspecified atom stereocenters. The van der Waals surface area contributed by atoms with Gasteiger partial charge in [-0.25, -0.2) is 4.39 Å². The molecule has 0 bridgehead atoms. The minimum atomic E-state index is -0.921. The third-order valence-corrected chi connectivity index (χ3v) is 3.25. The first-order chi connectivity index (χ1) is 8.41. The van der Waals surface area contributed by atoms with E-state index in [0.29, 0.717) is 18.4 Å². The number of hydrogen-bond acceptors (Lipinski definition) is 3. The van der Waals surface area contributed by atoms with E-state index in [4.69, 9.17) is 4.74 Å². The summed E-state index contributed by atoms with van der Waals surface area (Å²) >= 11 is 0. The highest BCUT2D eigenvalue weighted by Crippen LogP contribution is 2.24. The smallest absolute Gasteiger partial charge is 0.165 e. The third-order valence-electron chi connectivity index (χ3n) is 3.25. The fourth-order valence-corrected chi connectivity index (χ4v) is 1.56. The summed E-state index contributed by atoms with van der Waals surface area (Å²) in [6, 6.07) is 4.33. The van der Waals surface area contributed by atoms with Crippen molar-refractivity contribution in [3.63, 3.8) is 0 Å². The van der Waals surface area contributed by atoms with Gasteiger partial charge >= 0.3 is 0 Å². The van der Waals surface area contributed by atoms with Crippen molar-refractivity contribution in [2.24, 2.45) is 0 Å². The summed E-state index contributed by atoms with van der Waals surface area (Å²) in [6.07, 6.45) is 0.394. The molecule has 0 spiro atoms. The first kappa shape index (κ1) is 14.9. The lowest BCUT2D eigenvalue weighted by Gasteiger charge is -2.25. The van der Waals surface area contributed by atoms with Gasteiger partial charge in [-0.05, 0) is 37.5 Å². The molecule has 3 nitrogen and oxygen atoms in total. The molecule has 0 radical (unpaired) electrons. The molecule has 0 aliphatic rings. The van der Waals surface area contributed by atoms with E-state index in [9.17, 15) is 14.6 Å². The Morgan fingerprint density at radius 1 is 1.33 bits per heavy atom. The van der Waals surface area contributed by atoms with Crippen LogP contribution in [0.15, 0.2) is 18.2 Å². The highest BCUT2D eigenvalue weighted by atomic mass is 19.1. The van der Waals surface area contributed by atoms with E-state index in [2.05, 4.69) is 0 Å². The van der Waals surface area contributed by atoms with Gasteiger partial charge in [0, 0.05) is 0 Å². The Morgan fingerprint density at radius 3 is 2.39 bits per heavy atom. The predicted molar refractivity (Wildman–Crippen MR) is 68.1 cm³/mol. The van der Waals surface area contributed by atoms with Crippen LogP contribution in [0.4, 0.5) is 4.39 Å². The van der Waals surface area contributed by atoms with E-state index >= 15 is 0 Å². The number of hydrogen-bond donors (Lipinski definition) is 2. The minimum Gasteiger partial charge on any atom is -0.488 e. The zero-order chi connectivity index (χ0) is 13.8. The lowest BCUT2D eigenvalue weighted by molar-refractivity contribution is -0.0123. The van der Waals surface area contributed by atoms with E-state index in [1.165, 1.54) is 12.1 Å². The minimum absolute atomic E-state index is 0.0605. The molecule has 0 aliphatic carbocycles. The van der Waals surface area contributed by atoms with Crippen LogP contribution in [0.1, 0.15) is 45.3 Å². The SMILES string of the molecule is CCC(O)(CC)COc1ccc([C@@H](C)O)cc1F. The molecule has 18 heavy (non-hydrogen) atoms. The zero-order valence-corrected chi connectivity index (χ0v) is 11.1. The van der Waals surface area contributed by atoms with E-state index in [1.54, 1.807) is 13.0 Å². The molecule has 0 aliphatic heterocycles. The Morgan fingerprint density at radius 2 is 1.94 bits per heavy atom. The van der Waals surface area contributed by atoms with Crippen LogP contribution in [-0.2, 0) is 0 Å². The standard InChI is InChI=1S/C14H21FO3/c1-4-14(17,5-2)9-18-13-7-6-11(10(3)16)8-12(13)15/h6-8,10,16-17H,4-5,9H2,1-3H3/t10-/m1/s1. The van der Waals surface area contributed by atoms with Crippen LogP contribution in [0.25, 0.3) is 0 Å². The maximum Gasteiger partial charge on any atom is 0.165 e. The molecule has 1 aromatic rings. The first-order valence-electron chi connectivity index (χ1n) is 6.24. The molecule has 4 heteroatoms. The molecule has 0 aromatic heterocycles. The number of aliphatic hydroxyl groups excluding tert-OH is 1. The van der Waals surface area contributed by atoms with Gasteiger partial charge in [0.05, 0.1) is 11.7 Å². The molecule has 0 saturated heterocycles. The lowest BCUT2D eigenvalue weighted by Crippen LogP contribution is -2.34. The number of benzene rings is 1. The first-order valence-corrected chi connectivity index (χ1v) is 6.24. The van der Waals surface area contributed by atoms with Crippen LogP contribution in [0, 0.1) is 5.82 Å². The molecule has 0 heterocycles. The predicted octanol–water partition coefficient (Wildman–Crippen LogP) is 2.81. The van der Waals surface area contributed by atoms with Crippen molar-refractivity contribution in [1.82, 2.24) is 0 Å². The second-order valence-corrected chi connectivity index (χ2v) is 4.59. The third kappa shape index (κ3) is 3.68. The van der Waals surface area contributed by atoms with Crippen molar-refractivity contribution in [2.45, 2.75) is 45.3 Å². The van der Waals surface area contributed by atoms with Gasteiger partial charge < -0.3 is 14.9 Å². The fourth-order valence-electron chi connectivity index (χ4n) is 1.56. The van der Waals surface area contributed by atoms with Gasteiger partial charge in [-0.2, -0.15) is 0 Å². The summed E-state index contributed by atoms with van der Waals surface area (Å²) < 4.78 is 19.0. The van der Waals surface area contributed by atoms with E-state index < -0.39 is 17.5 Å². The summed E-state index contributed by atoms with van der Waals surface area (Å²) in [4.78, 5) is 0. The summed E-state index contributed by atoms with van der Waals surface area (Å²) in [6.45, 7) is 5.35. The fraction of sp³-hybridized carbons (Fsp3) is 0.571. The second-order valence-electron chi connectivity index (χ2n) is 4.59. The quantitative estimate of drug-likeness (QED) is 0.822. The maximum atomic E-state index is 13.7. The highest BCUT2D eigenvalue weighted by Gasteiger charge is 2.23. The summed E-state index contributed by atoms with van der Waals surface area (Å²) in [5.74, 6) is -0.428. The Kier molecular flexibility index (Phi) is 5.11. The van der Waals surface area contributed by atoms with Gasteiger partial charge in [0.25, 0.3) is 0 Å². The number of aliphatic hydroxyl groups is 2. The molecule has 1 rings (SSSR count). The molecule has 1 atom stereocenters. The topological polar surface area (TPSA) is 49.7 Å². The average Bonchev–Trinajstić information content (AvgIpc) is 2.36. The highest BCUT2D eigenvalue weighted by molar-refractivity contribution is 5.30. The van der Waals surface area contributed by atoms with Gasteiger partial charge in [0.15, 0.2) is 11.6 Å². The second kappa shape index (κ2) is 6.16. The number of rotatable bonds is 6. The van der Waals surface area contributed by atoms with E-state index in [-0.39, 0.29) is 12.4 Å². The van der Waals surface area contributed by atoms with Crippen molar-refractivity contribution in [3.8, 4) is 5.75 Å².